The molecule has 2 heterocycles. The molecule has 3 nitrogen and oxygen atoms in total. The minimum Gasteiger partial charge on any atom is -0.304 e. The maximum Gasteiger partial charge on any atom is 0.124 e. The number of nitrogens with two attached hydrogens (primary N) is 1. The van der Waals surface area contributed by atoms with Gasteiger partial charge in [0.15, 0.2) is 0 Å². The van der Waals surface area contributed by atoms with Crippen molar-refractivity contribution in [2.24, 2.45) is 10.7 Å². The predicted molar refractivity (Wildman–Crippen MR) is 53.5 cm³/mol. The lowest BCUT2D eigenvalue weighted by Gasteiger charge is -2.11. The minimum atomic E-state index is -0.610. The molecule has 0 saturated heterocycles. The van der Waals surface area contributed by atoms with Gasteiger partial charge in [0.05, 0.1) is 11.9 Å². The van der Waals surface area contributed by atoms with E-state index in [0.717, 1.165) is 11.3 Å². The first kappa shape index (κ1) is 8.13. The van der Waals surface area contributed by atoms with Crippen LogP contribution in [0.3, 0.4) is 0 Å². The fraction of sp³-hybridized carbons (Fsp3) is 0.200. The van der Waals surface area contributed by atoms with Crippen LogP contribution < -0.4 is 5.73 Å². The van der Waals surface area contributed by atoms with Gasteiger partial charge in [-0.25, -0.2) is 0 Å². The molecule has 0 aromatic carbocycles. The molecule has 3 heteroatoms. The van der Waals surface area contributed by atoms with Crippen molar-refractivity contribution in [2.45, 2.75) is 12.6 Å². The molecule has 1 aromatic rings. The number of aromatic nitrogens is 1. The van der Waals surface area contributed by atoms with E-state index in [1.807, 2.05) is 31.2 Å². The Morgan fingerprint density at radius 1 is 1.46 bits per heavy atom. The topological polar surface area (TPSA) is 51.3 Å². The van der Waals surface area contributed by atoms with Crippen molar-refractivity contribution in [3.63, 3.8) is 0 Å². The number of hydrogen-bond acceptors (Lipinski definition) is 3. The maximum absolute atomic E-state index is 5.84. The van der Waals surface area contributed by atoms with Crippen LogP contribution in [-0.2, 0) is 0 Å². The number of hydrogen-bond donors (Lipinski definition) is 1. The lowest BCUT2D eigenvalue weighted by Crippen LogP contribution is -2.30. The van der Waals surface area contributed by atoms with Crippen LogP contribution in [0.5, 0.6) is 0 Å². The Morgan fingerprint density at radius 3 is 3.15 bits per heavy atom. The van der Waals surface area contributed by atoms with E-state index >= 15 is 0 Å². The molecule has 1 aliphatic heterocycles. The van der Waals surface area contributed by atoms with Crippen LogP contribution >= 0.6 is 0 Å². The summed E-state index contributed by atoms with van der Waals surface area (Å²) >= 11 is 0. The second-order valence-corrected chi connectivity index (χ2v) is 3.30. The highest BCUT2D eigenvalue weighted by Gasteiger charge is 2.13. The zero-order valence-corrected chi connectivity index (χ0v) is 7.44. The summed E-state index contributed by atoms with van der Waals surface area (Å²) in [4.78, 5) is 8.39. The summed E-state index contributed by atoms with van der Waals surface area (Å²) in [6.45, 7) is 1.85. The Morgan fingerprint density at radius 2 is 2.31 bits per heavy atom. The smallest absolute Gasteiger partial charge is 0.124 e. The number of fused-ring (bicyclic) bond motifs is 1. The second-order valence-electron chi connectivity index (χ2n) is 3.30. The van der Waals surface area contributed by atoms with Gasteiger partial charge in [-0.05, 0) is 19.1 Å². The van der Waals surface area contributed by atoms with Gasteiger partial charge in [0.1, 0.15) is 5.66 Å². The van der Waals surface area contributed by atoms with Gasteiger partial charge in [-0.3, -0.25) is 9.98 Å². The molecule has 0 spiro atoms. The molecule has 0 amide bonds. The van der Waals surface area contributed by atoms with E-state index in [2.05, 4.69) is 9.98 Å². The summed E-state index contributed by atoms with van der Waals surface area (Å²) in [6.07, 6.45) is 7.29. The third kappa shape index (κ3) is 1.65. The summed E-state index contributed by atoms with van der Waals surface area (Å²) in [6, 6.07) is 3.89. The quantitative estimate of drug-likeness (QED) is 0.641. The van der Waals surface area contributed by atoms with Crippen LogP contribution in [0.2, 0.25) is 0 Å². The molecule has 0 saturated carbocycles. The summed E-state index contributed by atoms with van der Waals surface area (Å²) < 4.78 is 0. The average Bonchev–Trinajstić information content (AvgIpc) is 2.27. The molecule has 66 valence electrons. The van der Waals surface area contributed by atoms with Crippen LogP contribution in [0.1, 0.15) is 18.2 Å². The SMILES string of the molecule is CC1(N)C=Cc2cccnc2C=N1. The molecule has 1 aromatic heterocycles. The highest BCUT2D eigenvalue weighted by molar-refractivity contribution is 5.84. The van der Waals surface area contributed by atoms with E-state index in [0.29, 0.717) is 0 Å². The molecule has 0 bridgehead atoms. The third-order valence-corrected chi connectivity index (χ3v) is 1.94. The van der Waals surface area contributed by atoms with Crippen molar-refractivity contribution < 1.29 is 0 Å². The van der Waals surface area contributed by atoms with Crippen molar-refractivity contribution in [3.8, 4) is 0 Å². The van der Waals surface area contributed by atoms with Gasteiger partial charge in [0.25, 0.3) is 0 Å². The molecule has 13 heavy (non-hydrogen) atoms. The lowest BCUT2D eigenvalue weighted by atomic mass is 10.1. The van der Waals surface area contributed by atoms with Gasteiger partial charge in [0, 0.05) is 11.8 Å². The highest BCUT2D eigenvalue weighted by Crippen LogP contribution is 2.14. The summed E-state index contributed by atoms with van der Waals surface area (Å²) in [5, 5.41) is 0. The van der Waals surface area contributed by atoms with Crippen LogP contribution in [0.4, 0.5) is 0 Å². The number of rotatable bonds is 0. The molecule has 1 atom stereocenters. The van der Waals surface area contributed by atoms with Crippen LogP contribution in [0.25, 0.3) is 6.08 Å². The van der Waals surface area contributed by atoms with E-state index in [1.165, 1.54) is 0 Å². The summed E-state index contributed by atoms with van der Waals surface area (Å²) in [5.74, 6) is 0. The van der Waals surface area contributed by atoms with Crippen LogP contribution in [0.15, 0.2) is 29.4 Å². The fourth-order valence-electron chi connectivity index (χ4n) is 1.18. The molecular weight excluding hydrogens is 162 g/mol. The largest absolute Gasteiger partial charge is 0.304 e. The van der Waals surface area contributed by atoms with Gasteiger partial charge in [-0.1, -0.05) is 12.1 Å². The Labute approximate surface area is 77.0 Å². The Hall–Kier alpha value is -1.48. The lowest BCUT2D eigenvalue weighted by molar-refractivity contribution is 0.628. The maximum atomic E-state index is 5.84. The van der Waals surface area contributed by atoms with Gasteiger partial charge in [-0.15, -0.1) is 0 Å². The Kier molecular flexibility index (Phi) is 1.74. The monoisotopic (exact) mass is 173 g/mol. The van der Waals surface area contributed by atoms with Crippen molar-refractivity contribution >= 4 is 12.3 Å². The molecular formula is C10H11N3. The first-order chi connectivity index (χ1) is 6.17. The first-order valence-electron chi connectivity index (χ1n) is 4.16. The average molecular weight is 173 g/mol. The normalized spacial score (nSPS) is 25.4. The minimum absolute atomic E-state index is 0.610. The summed E-state index contributed by atoms with van der Waals surface area (Å²) in [5.41, 5.74) is 7.16. The van der Waals surface area contributed by atoms with E-state index in [-0.39, 0.29) is 0 Å². The molecule has 0 fully saturated rings. The number of pyridine rings is 1. The fourth-order valence-corrected chi connectivity index (χ4v) is 1.18. The van der Waals surface area contributed by atoms with Gasteiger partial charge < -0.3 is 5.73 Å². The zero-order chi connectivity index (χ0) is 9.31. The molecule has 2 rings (SSSR count). The second kappa shape index (κ2) is 2.78. The van der Waals surface area contributed by atoms with E-state index in [4.69, 9.17) is 5.73 Å². The third-order valence-electron chi connectivity index (χ3n) is 1.94. The van der Waals surface area contributed by atoms with Crippen LogP contribution in [-0.4, -0.2) is 16.9 Å². The molecule has 1 unspecified atom stereocenters. The number of aliphatic imine (C=N–C) groups is 1. The first-order valence-corrected chi connectivity index (χ1v) is 4.16. The van der Waals surface area contributed by atoms with Gasteiger partial charge in [0.2, 0.25) is 0 Å². The van der Waals surface area contributed by atoms with E-state index in [9.17, 15) is 0 Å². The standard InChI is InChI=1S/C10H11N3/c1-10(11)5-4-8-3-2-6-12-9(8)7-13-10/h2-7H,11H2,1H3. The highest BCUT2D eigenvalue weighted by atomic mass is 15.0. The Balaban J connectivity index is 2.53. The van der Waals surface area contributed by atoms with Crippen LogP contribution in [0, 0.1) is 0 Å². The van der Waals surface area contributed by atoms with Crippen molar-refractivity contribution in [2.75, 3.05) is 0 Å². The predicted octanol–water partition coefficient (Wildman–Crippen LogP) is 1.20. The van der Waals surface area contributed by atoms with Crippen molar-refractivity contribution in [3.05, 3.63) is 35.7 Å². The summed E-state index contributed by atoms with van der Waals surface area (Å²) in [7, 11) is 0. The molecule has 1 aliphatic rings. The number of nitrogens with zero attached hydrogens (tertiary/aromatic N) is 2. The molecule has 0 aliphatic carbocycles. The Bertz CT molecular complexity index is 343. The molecule has 2 N–H and O–H groups in total. The van der Waals surface area contributed by atoms with E-state index < -0.39 is 5.66 Å². The van der Waals surface area contributed by atoms with E-state index in [1.54, 1.807) is 12.4 Å². The van der Waals surface area contributed by atoms with Gasteiger partial charge in [-0.2, -0.15) is 0 Å². The van der Waals surface area contributed by atoms with Crippen molar-refractivity contribution in [1.29, 1.82) is 0 Å². The molecule has 0 radical (unpaired) electrons. The van der Waals surface area contributed by atoms with Gasteiger partial charge >= 0.3 is 0 Å². The van der Waals surface area contributed by atoms with Crippen molar-refractivity contribution in [1.82, 2.24) is 4.98 Å². The zero-order valence-electron chi connectivity index (χ0n) is 7.44.